The minimum atomic E-state index is -1.32. The molecule has 1 N–H and O–H groups in total. The van der Waals surface area contributed by atoms with E-state index in [0.29, 0.717) is 25.0 Å². The molecule has 1 heterocycles. The molecule has 5 nitrogen and oxygen atoms in total. The Morgan fingerprint density at radius 3 is 2.35 bits per heavy atom. The first kappa shape index (κ1) is 12.6. The van der Waals surface area contributed by atoms with Crippen LogP contribution < -0.4 is 0 Å². The van der Waals surface area contributed by atoms with Gasteiger partial charge < -0.3 is 5.11 Å². The van der Waals surface area contributed by atoms with Crippen LogP contribution in [0.5, 0.6) is 0 Å². The number of carboxylic acid groups (broad SMARTS) is 1. The van der Waals surface area contributed by atoms with Gasteiger partial charge in [-0.3, -0.25) is 0 Å². The van der Waals surface area contributed by atoms with E-state index in [4.69, 9.17) is 5.11 Å². The number of hydrogen-bond acceptors (Lipinski definition) is 3. The highest BCUT2D eigenvalue weighted by Gasteiger charge is 2.35. The Morgan fingerprint density at radius 2 is 1.85 bits per heavy atom. The lowest BCUT2D eigenvalue weighted by atomic mass is 10.2. The van der Waals surface area contributed by atoms with Crippen LogP contribution in [0.3, 0.4) is 0 Å². The van der Waals surface area contributed by atoms with Gasteiger partial charge in [-0.2, -0.15) is 0 Å². The monoisotopic (exact) mass is 283 g/mol. The average molecular weight is 283 g/mol. The Hall–Kier alpha value is -2.38. The molecule has 8 heteroatoms. The Bertz CT molecular complexity index is 687. The molecule has 3 rings (SSSR count). The van der Waals surface area contributed by atoms with Gasteiger partial charge in [0.25, 0.3) is 0 Å². The molecule has 20 heavy (non-hydrogen) atoms. The van der Waals surface area contributed by atoms with E-state index in [0.717, 1.165) is 4.68 Å². The number of benzene rings is 1. The van der Waals surface area contributed by atoms with Crippen LogP contribution >= 0.6 is 0 Å². The first-order chi connectivity index (χ1) is 9.49. The molecule has 1 saturated carbocycles. The maximum atomic E-state index is 13.8. The maximum Gasteiger partial charge on any atom is 0.358 e. The second-order valence-electron chi connectivity index (χ2n) is 4.53. The van der Waals surface area contributed by atoms with Gasteiger partial charge in [-0.1, -0.05) is 5.21 Å². The first-order valence-corrected chi connectivity index (χ1v) is 5.83. The number of aromatic carboxylic acids is 1. The maximum absolute atomic E-state index is 13.8. The zero-order valence-electron chi connectivity index (χ0n) is 9.98. The van der Waals surface area contributed by atoms with Crippen molar-refractivity contribution >= 4 is 5.97 Å². The number of hydrogen-bond donors (Lipinski definition) is 1. The van der Waals surface area contributed by atoms with E-state index in [1.807, 2.05) is 0 Å². The standard InChI is InChI=1S/C12H8F3N3O2/c13-6-3-7(14)11(8(15)4-6)18-10(5-1-2-5)9(12(19)20)16-17-18/h3-5H,1-2H2,(H,19,20). The Kier molecular flexibility index (Phi) is 2.73. The van der Waals surface area contributed by atoms with Gasteiger partial charge >= 0.3 is 5.97 Å². The Morgan fingerprint density at radius 1 is 1.25 bits per heavy atom. The van der Waals surface area contributed by atoms with Gasteiger partial charge in [0, 0.05) is 18.1 Å². The molecule has 0 radical (unpaired) electrons. The molecular formula is C12H8F3N3O2. The predicted molar refractivity (Wildman–Crippen MR) is 60.2 cm³/mol. The summed E-state index contributed by atoms with van der Waals surface area (Å²) in [6.45, 7) is 0. The molecule has 0 atom stereocenters. The van der Waals surface area contributed by atoms with Crippen molar-refractivity contribution in [1.29, 1.82) is 0 Å². The minimum absolute atomic E-state index is 0.141. The minimum Gasteiger partial charge on any atom is -0.476 e. The van der Waals surface area contributed by atoms with Crippen LogP contribution in [0.2, 0.25) is 0 Å². The van der Waals surface area contributed by atoms with Gasteiger partial charge in [0.2, 0.25) is 0 Å². The summed E-state index contributed by atoms with van der Waals surface area (Å²) in [7, 11) is 0. The predicted octanol–water partition coefficient (Wildman–Crippen LogP) is 2.26. The van der Waals surface area contributed by atoms with Gasteiger partial charge in [0.15, 0.2) is 17.3 Å². The van der Waals surface area contributed by atoms with E-state index in [9.17, 15) is 18.0 Å². The van der Waals surface area contributed by atoms with Gasteiger partial charge in [0.1, 0.15) is 11.5 Å². The third-order valence-electron chi connectivity index (χ3n) is 3.07. The molecule has 0 amide bonds. The highest BCUT2D eigenvalue weighted by Crippen LogP contribution is 2.42. The van der Waals surface area contributed by atoms with Crippen molar-refractivity contribution in [2.45, 2.75) is 18.8 Å². The summed E-state index contributed by atoms with van der Waals surface area (Å²) in [5.74, 6) is -4.85. The largest absolute Gasteiger partial charge is 0.476 e. The number of rotatable bonds is 3. The fraction of sp³-hybridized carbons (Fsp3) is 0.250. The van der Waals surface area contributed by atoms with Crippen molar-refractivity contribution in [3.8, 4) is 5.69 Å². The van der Waals surface area contributed by atoms with Crippen molar-refractivity contribution in [2.24, 2.45) is 0 Å². The molecule has 0 saturated heterocycles. The lowest BCUT2D eigenvalue weighted by Gasteiger charge is -2.08. The number of carboxylic acids is 1. The molecule has 0 spiro atoms. The molecule has 1 fully saturated rings. The fourth-order valence-corrected chi connectivity index (χ4v) is 2.07. The first-order valence-electron chi connectivity index (χ1n) is 5.83. The summed E-state index contributed by atoms with van der Waals surface area (Å²) in [5, 5.41) is 16.0. The normalized spacial score (nSPS) is 14.6. The summed E-state index contributed by atoms with van der Waals surface area (Å²) < 4.78 is 41.2. The quantitative estimate of drug-likeness (QED) is 0.938. The number of halogens is 3. The SMILES string of the molecule is O=C(O)c1nnn(-c2c(F)cc(F)cc2F)c1C1CC1. The van der Waals surface area contributed by atoms with Crippen molar-refractivity contribution < 1.29 is 23.1 Å². The molecule has 1 aliphatic rings. The molecule has 104 valence electrons. The summed E-state index contributed by atoms with van der Waals surface area (Å²) >= 11 is 0. The van der Waals surface area contributed by atoms with Gasteiger partial charge in [0.05, 0.1) is 5.69 Å². The number of aromatic nitrogens is 3. The fourth-order valence-electron chi connectivity index (χ4n) is 2.07. The molecule has 0 aliphatic heterocycles. The molecule has 1 aliphatic carbocycles. The van der Waals surface area contributed by atoms with E-state index < -0.39 is 29.1 Å². The van der Waals surface area contributed by atoms with Crippen LogP contribution in [0, 0.1) is 17.5 Å². The van der Waals surface area contributed by atoms with Gasteiger partial charge in [-0.25, -0.2) is 22.6 Å². The van der Waals surface area contributed by atoms with E-state index >= 15 is 0 Å². The summed E-state index contributed by atoms with van der Waals surface area (Å²) in [5.41, 5.74) is -0.814. The summed E-state index contributed by atoms with van der Waals surface area (Å²) in [4.78, 5) is 11.1. The number of carbonyl (C=O) groups is 1. The van der Waals surface area contributed by atoms with Crippen LogP contribution in [-0.4, -0.2) is 26.1 Å². The second-order valence-corrected chi connectivity index (χ2v) is 4.53. The highest BCUT2D eigenvalue weighted by molar-refractivity contribution is 5.87. The van der Waals surface area contributed by atoms with E-state index in [2.05, 4.69) is 10.3 Å². The average Bonchev–Trinajstić information content (AvgIpc) is 3.08. The van der Waals surface area contributed by atoms with Gasteiger partial charge in [-0.15, -0.1) is 5.10 Å². The molecule has 1 aromatic carbocycles. The van der Waals surface area contributed by atoms with Crippen LogP contribution in [0.1, 0.15) is 34.9 Å². The zero-order chi connectivity index (χ0) is 14.4. The topological polar surface area (TPSA) is 68.0 Å². The van der Waals surface area contributed by atoms with Crippen molar-refractivity contribution in [3.63, 3.8) is 0 Å². The third kappa shape index (κ3) is 1.93. The highest BCUT2D eigenvalue weighted by atomic mass is 19.1. The Labute approximate surface area is 110 Å². The third-order valence-corrected chi connectivity index (χ3v) is 3.07. The zero-order valence-corrected chi connectivity index (χ0v) is 9.98. The molecule has 1 aromatic heterocycles. The van der Waals surface area contributed by atoms with Gasteiger partial charge in [-0.05, 0) is 12.8 Å². The van der Waals surface area contributed by atoms with E-state index in [1.165, 1.54) is 0 Å². The van der Waals surface area contributed by atoms with Crippen molar-refractivity contribution in [2.75, 3.05) is 0 Å². The lowest BCUT2D eigenvalue weighted by Crippen LogP contribution is -2.09. The molecular weight excluding hydrogens is 275 g/mol. The van der Waals surface area contributed by atoms with Crippen LogP contribution in [0.25, 0.3) is 5.69 Å². The van der Waals surface area contributed by atoms with E-state index in [1.54, 1.807) is 0 Å². The van der Waals surface area contributed by atoms with Crippen LogP contribution in [0.15, 0.2) is 12.1 Å². The summed E-state index contributed by atoms with van der Waals surface area (Å²) in [6.07, 6.45) is 1.39. The number of nitrogens with zero attached hydrogens (tertiary/aromatic N) is 3. The molecule has 2 aromatic rings. The van der Waals surface area contributed by atoms with Crippen LogP contribution in [-0.2, 0) is 0 Å². The van der Waals surface area contributed by atoms with Crippen molar-refractivity contribution in [1.82, 2.24) is 15.0 Å². The Balaban J connectivity index is 2.23. The van der Waals surface area contributed by atoms with Crippen molar-refractivity contribution in [3.05, 3.63) is 41.0 Å². The smallest absolute Gasteiger partial charge is 0.358 e. The molecule has 0 unspecified atom stereocenters. The van der Waals surface area contributed by atoms with E-state index in [-0.39, 0.29) is 17.3 Å². The lowest BCUT2D eigenvalue weighted by molar-refractivity contribution is 0.0689. The second kappa shape index (κ2) is 4.32. The van der Waals surface area contributed by atoms with Crippen LogP contribution in [0.4, 0.5) is 13.2 Å². The molecule has 0 bridgehead atoms. The summed E-state index contributed by atoms with van der Waals surface area (Å²) in [6, 6.07) is 1.02.